The molecular formula is C12H20N4O3. The zero-order valence-corrected chi connectivity index (χ0v) is 11.4. The van der Waals surface area contributed by atoms with Crippen molar-refractivity contribution in [1.29, 1.82) is 0 Å². The first-order chi connectivity index (χ1) is 8.88. The number of aromatic nitrogens is 2. The Kier molecular flexibility index (Phi) is 5.35. The quantitative estimate of drug-likeness (QED) is 0.733. The zero-order chi connectivity index (χ0) is 14.4. The van der Waals surface area contributed by atoms with Crippen LogP contribution in [0.2, 0.25) is 0 Å². The molecule has 1 unspecified atom stereocenters. The van der Waals surface area contributed by atoms with Crippen molar-refractivity contribution in [2.75, 3.05) is 5.32 Å². The van der Waals surface area contributed by atoms with Gasteiger partial charge in [0.15, 0.2) is 0 Å². The van der Waals surface area contributed by atoms with E-state index in [2.05, 4.69) is 15.7 Å². The van der Waals surface area contributed by atoms with Crippen LogP contribution in [-0.4, -0.2) is 32.9 Å². The van der Waals surface area contributed by atoms with Crippen LogP contribution in [0.1, 0.15) is 39.7 Å². The number of carbonyl (C=O) groups excluding carboxylic acids is 1. The third-order valence-corrected chi connectivity index (χ3v) is 2.56. The summed E-state index contributed by atoms with van der Waals surface area (Å²) in [5.41, 5.74) is 0.608. The van der Waals surface area contributed by atoms with Crippen molar-refractivity contribution < 1.29 is 14.7 Å². The van der Waals surface area contributed by atoms with Crippen molar-refractivity contribution in [3.63, 3.8) is 0 Å². The highest BCUT2D eigenvalue weighted by molar-refractivity contribution is 5.89. The maximum absolute atomic E-state index is 11.6. The topological polar surface area (TPSA) is 96.2 Å². The number of anilines is 1. The smallest absolute Gasteiger partial charge is 0.319 e. The number of carbonyl (C=O) groups is 2. The standard InChI is InChI=1S/C12H20N4O3/c1-8(2)16-7-10(6-13-16)15-12(19)14-9(3)4-5-11(17)18/h6-9H,4-5H2,1-3H3,(H,17,18)(H2,14,15,19). The molecule has 0 aliphatic rings. The Labute approximate surface area is 112 Å². The van der Waals surface area contributed by atoms with Gasteiger partial charge in [-0.1, -0.05) is 0 Å². The van der Waals surface area contributed by atoms with Gasteiger partial charge < -0.3 is 15.7 Å². The first kappa shape index (κ1) is 15.0. The van der Waals surface area contributed by atoms with E-state index in [1.165, 1.54) is 0 Å². The van der Waals surface area contributed by atoms with E-state index in [4.69, 9.17) is 5.11 Å². The molecule has 0 aliphatic carbocycles. The first-order valence-corrected chi connectivity index (χ1v) is 6.22. The van der Waals surface area contributed by atoms with Gasteiger partial charge in [0.05, 0.1) is 11.9 Å². The molecule has 106 valence electrons. The minimum atomic E-state index is -0.868. The van der Waals surface area contributed by atoms with Crippen molar-refractivity contribution >= 4 is 17.7 Å². The molecule has 2 amide bonds. The lowest BCUT2D eigenvalue weighted by Gasteiger charge is -2.12. The van der Waals surface area contributed by atoms with Crippen LogP contribution in [0, 0.1) is 0 Å². The van der Waals surface area contributed by atoms with Crippen LogP contribution in [0.3, 0.4) is 0 Å². The summed E-state index contributed by atoms with van der Waals surface area (Å²) in [7, 11) is 0. The third kappa shape index (κ3) is 5.41. The Morgan fingerprint density at radius 3 is 2.63 bits per heavy atom. The summed E-state index contributed by atoms with van der Waals surface area (Å²) in [4.78, 5) is 22.0. The van der Waals surface area contributed by atoms with E-state index in [1.807, 2.05) is 13.8 Å². The summed E-state index contributed by atoms with van der Waals surface area (Å²) in [6.45, 7) is 5.75. The van der Waals surface area contributed by atoms with E-state index in [0.717, 1.165) is 0 Å². The number of amides is 2. The summed E-state index contributed by atoms with van der Waals surface area (Å²) in [6, 6.07) is -0.328. The second-order valence-corrected chi connectivity index (χ2v) is 4.73. The van der Waals surface area contributed by atoms with Crippen LogP contribution in [0.4, 0.5) is 10.5 Å². The summed E-state index contributed by atoms with van der Waals surface area (Å²) in [5, 5.41) is 18.0. The second-order valence-electron chi connectivity index (χ2n) is 4.73. The molecule has 1 rings (SSSR count). The van der Waals surface area contributed by atoms with Gasteiger partial charge in [-0.3, -0.25) is 9.48 Å². The molecule has 1 atom stereocenters. The van der Waals surface area contributed by atoms with Crippen molar-refractivity contribution in [2.45, 2.75) is 45.7 Å². The normalized spacial score (nSPS) is 12.2. The number of rotatable bonds is 6. The molecule has 1 aromatic heterocycles. The zero-order valence-electron chi connectivity index (χ0n) is 11.4. The highest BCUT2D eigenvalue weighted by atomic mass is 16.4. The minimum absolute atomic E-state index is 0.0345. The maximum Gasteiger partial charge on any atom is 0.319 e. The molecule has 19 heavy (non-hydrogen) atoms. The number of urea groups is 1. The molecule has 0 aliphatic heterocycles. The Morgan fingerprint density at radius 1 is 1.42 bits per heavy atom. The van der Waals surface area contributed by atoms with Crippen molar-refractivity contribution in [2.24, 2.45) is 0 Å². The Bertz CT molecular complexity index is 442. The van der Waals surface area contributed by atoms with Crippen LogP contribution in [0.5, 0.6) is 0 Å². The van der Waals surface area contributed by atoms with Gasteiger partial charge in [0, 0.05) is 24.7 Å². The van der Waals surface area contributed by atoms with Crippen LogP contribution in [-0.2, 0) is 4.79 Å². The van der Waals surface area contributed by atoms with Crippen LogP contribution in [0.25, 0.3) is 0 Å². The Hall–Kier alpha value is -2.05. The van der Waals surface area contributed by atoms with Crippen molar-refractivity contribution in [1.82, 2.24) is 15.1 Å². The molecule has 1 aromatic rings. The Morgan fingerprint density at radius 2 is 2.11 bits per heavy atom. The molecule has 0 spiro atoms. The third-order valence-electron chi connectivity index (χ3n) is 2.56. The SMILES string of the molecule is CC(CCC(=O)O)NC(=O)Nc1cnn(C(C)C)c1. The molecule has 0 saturated heterocycles. The van der Waals surface area contributed by atoms with Crippen molar-refractivity contribution in [3.05, 3.63) is 12.4 Å². The van der Waals surface area contributed by atoms with Crippen molar-refractivity contribution in [3.8, 4) is 0 Å². The van der Waals surface area contributed by atoms with Gasteiger partial charge in [0.1, 0.15) is 0 Å². The maximum atomic E-state index is 11.6. The fourth-order valence-electron chi connectivity index (χ4n) is 1.49. The molecule has 7 nitrogen and oxygen atoms in total. The summed E-state index contributed by atoms with van der Waals surface area (Å²) in [6.07, 6.45) is 3.74. The predicted molar refractivity (Wildman–Crippen MR) is 71.1 cm³/mol. The van der Waals surface area contributed by atoms with E-state index in [9.17, 15) is 9.59 Å². The van der Waals surface area contributed by atoms with Gasteiger partial charge in [0.25, 0.3) is 0 Å². The number of nitrogens with one attached hydrogen (secondary N) is 2. The largest absolute Gasteiger partial charge is 0.481 e. The first-order valence-electron chi connectivity index (χ1n) is 6.22. The number of hydrogen-bond acceptors (Lipinski definition) is 3. The fraction of sp³-hybridized carbons (Fsp3) is 0.583. The van der Waals surface area contributed by atoms with Gasteiger partial charge in [-0.05, 0) is 27.2 Å². The molecule has 0 fully saturated rings. The van der Waals surface area contributed by atoms with E-state index in [-0.39, 0.29) is 24.5 Å². The van der Waals surface area contributed by atoms with E-state index >= 15 is 0 Å². The van der Waals surface area contributed by atoms with Gasteiger partial charge >= 0.3 is 12.0 Å². The molecular weight excluding hydrogens is 248 g/mol. The number of carboxylic acids is 1. The highest BCUT2D eigenvalue weighted by Gasteiger charge is 2.10. The number of aliphatic carboxylic acids is 1. The van der Waals surface area contributed by atoms with E-state index < -0.39 is 5.97 Å². The van der Waals surface area contributed by atoms with Crippen LogP contribution < -0.4 is 10.6 Å². The average molecular weight is 268 g/mol. The average Bonchev–Trinajstić information content (AvgIpc) is 2.74. The lowest BCUT2D eigenvalue weighted by molar-refractivity contribution is -0.137. The van der Waals surface area contributed by atoms with Gasteiger partial charge in [-0.25, -0.2) is 4.79 Å². The molecule has 3 N–H and O–H groups in total. The second kappa shape index (κ2) is 6.77. The molecule has 0 bridgehead atoms. The number of hydrogen-bond donors (Lipinski definition) is 3. The Balaban J connectivity index is 2.39. The highest BCUT2D eigenvalue weighted by Crippen LogP contribution is 2.09. The number of carboxylic acid groups (broad SMARTS) is 1. The molecule has 0 radical (unpaired) electrons. The van der Waals surface area contributed by atoms with Crippen LogP contribution in [0.15, 0.2) is 12.4 Å². The molecule has 7 heteroatoms. The van der Waals surface area contributed by atoms with E-state index in [0.29, 0.717) is 12.1 Å². The lowest BCUT2D eigenvalue weighted by atomic mass is 10.2. The van der Waals surface area contributed by atoms with Gasteiger partial charge in [-0.2, -0.15) is 5.10 Å². The predicted octanol–water partition coefficient (Wildman–Crippen LogP) is 1.84. The summed E-state index contributed by atoms with van der Waals surface area (Å²) >= 11 is 0. The van der Waals surface area contributed by atoms with Gasteiger partial charge in [-0.15, -0.1) is 0 Å². The summed E-state index contributed by atoms with van der Waals surface area (Å²) in [5.74, 6) is -0.868. The number of nitrogens with zero attached hydrogens (tertiary/aromatic N) is 2. The molecule has 0 saturated carbocycles. The van der Waals surface area contributed by atoms with Crippen LogP contribution >= 0.6 is 0 Å². The minimum Gasteiger partial charge on any atom is -0.481 e. The monoisotopic (exact) mass is 268 g/mol. The van der Waals surface area contributed by atoms with Gasteiger partial charge in [0.2, 0.25) is 0 Å². The fourth-order valence-corrected chi connectivity index (χ4v) is 1.49. The van der Waals surface area contributed by atoms with E-state index in [1.54, 1.807) is 24.0 Å². The molecule has 1 heterocycles. The summed E-state index contributed by atoms with van der Waals surface area (Å²) < 4.78 is 1.74. The lowest BCUT2D eigenvalue weighted by Crippen LogP contribution is -2.36. The molecule has 0 aromatic carbocycles.